The van der Waals surface area contributed by atoms with Gasteiger partial charge in [0.15, 0.2) is 0 Å². The number of carbonyl (C=O) groups excluding carboxylic acids is 2. The number of rotatable bonds is 5. The van der Waals surface area contributed by atoms with Crippen molar-refractivity contribution in [1.82, 2.24) is 10.3 Å². The monoisotopic (exact) mass is 332 g/mol. The van der Waals surface area contributed by atoms with Crippen LogP contribution in [-0.2, 0) is 15.7 Å². The summed E-state index contributed by atoms with van der Waals surface area (Å²) < 4.78 is 42.4. The van der Waals surface area contributed by atoms with E-state index in [2.05, 4.69) is 15.0 Å². The molecule has 1 aromatic rings. The molecule has 128 valence electrons. The highest BCUT2D eigenvalue weighted by Gasteiger charge is 2.33. The van der Waals surface area contributed by atoms with E-state index in [-0.39, 0.29) is 17.2 Å². The molecule has 1 N–H and O–H groups in total. The number of amides is 1. The van der Waals surface area contributed by atoms with E-state index in [0.29, 0.717) is 6.42 Å². The van der Waals surface area contributed by atoms with Crippen LogP contribution in [0.25, 0.3) is 0 Å². The van der Waals surface area contributed by atoms with Crippen molar-refractivity contribution in [2.45, 2.75) is 39.4 Å². The summed E-state index contributed by atoms with van der Waals surface area (Å²) in [6.45, 7) is 5.04. The van der Waals surface area contributed by atoms with Crippen molar-refractivity contribution in [3.8, 4) is 0 Å². The van der Waals surface area contributed by atoms with Crippen molar-refractivity contribution in [3.05, 3.63) is 29.1 Å². The molecule has 0 aliphatic carbocycles. The molecule has 1 atom stereocenters. The molecule has 1 aromatic heterocycles. The van der Waals surface area contributed by atoms with Gasteiger partial charge in [-0.05, 0) is 31.4 Å². The second-order valence-corrected chi connectivity index (χ2v) is 5.51. The number of nitrogens with one attached hydrogen (secondary N) is 1. The first-order valence-corrected chi connectivity index (χ1v) is 6.99. The zero-order valence-electron chi connectivity index (χ0n) is 13.3. The Morgan fingerprint density at radius 1 is 1.30 bits per heavy atom. The fraction of sp³-hybridized carbons (Fsp3) is 0.533. The minimum atomic E-state index is -4.58. The lowest BCUT2D eigenvalue weighted by Gasteiger charge is -2.19. The number of aryl methyl sites for hydroxylation is 1. The van der Waals surface area contributed by atoms with Crippen LogP contribution in [0.2, 0.25) is 0 Å². The Hall–Kier alpha value is -2.12. The van der Waals surface area contributed by atoms with Crippen LogP contribution in [-0.4, -0.2) is 30.0 Å². The molecular weight excluding hydrogens is 313 g/mol. The lowest BCUT2D eigenvalue weighted by molar-refractivity contribution is -0.143. The highest BCUT2D eigenvalue weighted by Crippen LogP contribution is 2.28. The number of carbonyl (C=O) groups is 2. The van der Waals surface area contributed by atoms with Crippen molar-refractivity contribution in [1.29, 1.82) is 0 Å². The third kappa shape index (κ3) is 5.22. The maximum atomic E-state index is 12.6. The van der Waals surface area contributed by atoms with E-state index in [9.17, 15) is 22.8 Å². The third-order valence-electron chi connectivity index (χ3n) is 3.12. The molecule has 0 bridgehead atoms. The van der Waals surface area contributed by atoms with Crippen LogP contribution in [0.15, 0.2) is 12.1 Å². The van der Waals surface area contributed by atoms with E-state index in [0.717, 1.165) is 12.1 Å². The van der Waals surface area contributed by atoms with Gasteiger partial charge in [0.2, 0.25) is 0 Å². The van der Waals surface area contributed by atoms with Crippen LogP contribution in [0.5, 0.6) is 0 Å². The first-order valence-electron chi connectivity index (χ1n) is 6.99. The molecule has 1 rings (SSSR count). The molecule has 1 amide bonds. The van der Waals surface area contributed by atoms with Gasteiger partial charge in [0.05, 0.1) is 18.4 Å². The van der Waals surface area contributed by atoms with E-state index >= 15 is 0 Å². The van der Waals surface area contributed by atoms with Crippen LogP contribution in [0.1, 0.15) is 42.0 Å². The predicted octanol–water partition coefficient (Wildman–Crippen LogP) is 2.73. The van der Waals surface area contributed by atoms with Crippen LogP contribution in [0.3, 0.4) is 0 Å². The second-order valence-electron chi connectivity index (χ2n) is 5.51. The summed E-state index contributed by atoms with van der Waals surface area (Å²) in [5.74, 6) is -1.16. The molecule has 8 heteroatoms. The number of aromatic nitrogens is 1. The number of pyridine rings is 1. The maximum absolute atomic E-state index is 12.6. The van der Waals surface area contributed by atoms with E-state index in [1.54, 1.807) is 0 Å². The average molecular weight is 332 g/mol. The Morgan fingerprint density at radius 3 is 2.35 bits per heavy atom. The lowest BCUT2D eigenvalue weighted by atomic mass is 10.0. The first kappa shape index (κ1) is 18.9. The van der Waals surface area contributed by atoms with Gasteiger partial charge in [0.25, 0.3) is 5.91 Å². The van der Waals surface area contributed by atoms with E-state index < -0.39 is 29.8 Å². The molecule has 1 heterocycles. The fourth-order valence-corrected chi connectivity index (χ4v) is 2.02. The van der Waals surface area contributed by atoms with Gasteiger partial charge in [-0.25, -0.2) is 9.78 Å². The number of hydrogen-bond acceptors (Lipinski definition) is 4. The normalized spacial score (nSPS) is 12.9. The summed E-state index contributed by atoms with van der Waals surface area (Å²) in [7, 11) is 1.20. The quantitative estimate of drug-likeness (QED) is 0.842. The van der Waals surface area contributed by atoms with Crippen molar-refractivity contribution in [3.63, 3.8) is 0 Å². The van der Waals surface area contributed by atoms with E-state index in [1.165, 1.54) is 14.0 Å². The van der Waals surface area contributed by atoms with Crippen molar-refractivity contribution in [2.75, 3.05) is 7.11 Å². The standard InChI is InChI=1S/C15H19F3N2O3/c1-8(2)7-11(14(22)23-4)20-13(21)10-5-6-12(15(16,17)18)19-9(10)3/h5-6,8,11H,7H2,1-4H3,(H,20,21). The minimum Gasteiger partial charge on any atom is -0.467 e. The summed E-state index contributed by atoms with van der Waals surface area (Å²) in [6, 6.07) is 0.913. The second kappa shape index (κ2) is 7.43. The molecule has 5 nitrogen and oxygen atoms in total. The van der Waals surface area contributed by atoms with Gasteiger partial charge in [0, 0.05) is 0 Å². The molecule has 1 unspecified atom stereocenters. The molecule has 0 saturated heterocycles. The molecule has 0 fully saturated rings. The number of alkyl halides is 3. The van der Waals surface area contributed by atoms with Crippen LogP contribution in [0.4, 0.5) is 13.2 Å². The van der Waals surface area contributed by atoms with E-state index in [4.69, 9.17) is 0 Å². The van der Waals surface area contributed by atoms with E-state index in [1.807, 2.05) is 13.8 Å². The third-order valence-corrected chi connectivity index (χ3v) is 3.12. The van der Waals surface area contributed by atoms with Crippen LogP contribution >= 0.6 is 0 Å². The van der Waals surface area contributed by atoms with Gasteiger partial charge in [-0.3, -0.25) is 4.79 Å². The molecule has 0 spiro atoms. The Bertz CT molecular complexity index is 586. The zero-order valence-corrected chi connectivity index (χ0v) is 13.3. The average Bonchev–Trinajstić information content (AvgIpc) is 2.43. The zero-order chi connectivity index (χ0) is 17.8. The molecule has 0 saturated carbocycles. The predicted molar refractivity (Wildman–Crippen MR) is 76.7 cm³/mol. The number of ether oxygens (including phenoxy) is 1. The van der Waals surface area contributed by atoms with Crippen molar-refractivity contribution >= 4 is 11.9 Å². The number of methoxy groups -OCH3 is 1. The van der Waals surface area contributed by atoms with Gasteiger partial charge < -0.3 is 10.1 Å². The molecule has 0 aromatic carbocycles. The van der Waals surface area contributed by atoms with Gasteiger partial charge in [-0.1, -0.05) is 13.8 Å². The summed E-state index contributed by atoms with van der Waals surface area (Å²) in [4.78, 5) is 27.3. The highest BCUT2D eigenvalue weighted by atomic mass is 19.4. The molecule has 0 aliphatic rings. The van der Waals surface area contributed by atoms with Crippen molar-refractivity contribution < 1.29 is 27.5 Å². The molecule has 23 heavy (non-hydrogen) atoms. The van der Waals surface area contributed by atoms with Gasteiger partial charge in [-0.15, -0.1) is 0 Å². The SMILES string of the molecule is COC(=O)C(CC(C)C)NC(=O)c1ccc(C(F)(F)F)nc1C. The first-order chi connectivity index (χ1) is 10.6. The van der Waals surface area contributed by atoms with Gasteiger partial charge in [-0.2, -0.15) is 13.2 Å². The largest absolute Gasteiger partial charge is 0.467 e. The Morgan fingerprint density at radius 2 is 1.91 bits per heavy atom. The molecule has 0 aliphatic heterocycles. The minimum absolute atomic E-state index is 0.0179. The highest BCUT2D eigenvalue weighted by molar-refractivity contribution is 5.97. The van der Waals surface area contributed by atoms with Crippen LogP contribution in [0, 0.1) is 12.8 Å². The number of nitrogens with zero attached hydrogens (tertiary/aromatic N) is 1. The van der Waals surface area contributed by atoms with Gasteiger partial charge >= 0.3 is 12.1 Å². The topological polar surface area (TPSA) is 68.3 Å². The summed E-state index contributed by atoms with van der Waals surface area (Å²) in [6.07, 6.45) is -4.22. The summed E-state index contributed by atoms with van der Waals surface area (Å²) >= 11 is 0. The number of halogens is 3. The Kier molecular flexibility index (Phi) is 6.12. The van der Waals surface area contributed by atoms with Crippen LogP contribution < -0.4 is 5.32 Å². The molecule has 0 radical (unpaired) electrons. The Balaban J connectivity index is 2.98. The number of esters is 1. The summed E-state index contributed by atoms with van der Waals surface area (Å²) in [5, 5.41) is 2.48. The van der Waals surface area contributed by atoms with Gasteiger partial charge in [0.1, 0.15) is 11.7 Å². The smallest absolute Gasteiger partial charge is 0.433 e. The lowest BCUT2D eigenvalue weighted by Crippen LogP contribution is -2.42. The maximum Gasteiger partial charge on any atom is 0.433 e. The summed E-state index contributed by atoms with van der Waals surface area (Å²) in [5.41, 5.74) is -1.15. The fourth-order valence-electron chi connectivity index (χ4n) is 2.02. The molecular formula is C15H19F3N2O3. The number of hydrogen-bond donors (Lipinski definition) is 1. The Labute approximate surface area is 132 Å². The van der Waals surface area contributed by atoms with Crippen molar-refractivity contribution in [2.24, 2.45) is 5.92 Å².